The molecule has 1 amide bonds. The third-order valence-corrected chi connectivity index (χ3v) is 2.70. The molecule has 1 aromatic heterocycles. The molecule has 92 valence electrons. The van der Waals surface area contributed by atoms with E-state index >= 15 is 0 Å². The summed E-state index contributed by atoms with van der Waals surface area (Å²) in [6.45, 7) is 1.84. The zero-order valence-corrected chi connectivity index (χ0v) is 11.3. The number of hydrazone groups is 1. The first-order valence-electron chi connectivity index (χ1n) is 5.30. The second kappa shape index (κ2) is 5.64. The average molecular weight is 307 g/mol. The van der Waals surface area contributed by atoms with Gasteiger partial charge in [-0.15, -0.1) is 0 Å². The predicted molar refractivity (Wildman–Crippen MR) is 72.6 cm³/mol. The van der Waals surface area contributed by atoms with Gasteiger partial charge in [-0.25, -0.2) is 5.43 Å². The maximum absolute atomic E-state index is 11.7. The van der Waals surface area contributed by atoms with Crippen LogP contribution in [0, 0.1) is 6.92 Å². The van der Waals surface area contributed by atoms with Gasteiger partial charge in [-0.3, -0.25) is 4.79 Å². The molecule has 5 heteroatoms. The molecule has 0 radical (unpaired) electrons. The minimum atomic E-state index is -0.268. The van der Waals surface area contributed by atoms with Crippen molar-refractivity contribution in [2.75, 3.05) is 0 Å². The molecule has 0 atom stereocenters. The first kappa shape index (κ1) is 12.6. The Kier molecular flexibility index (Phi) is 3.94. The van der Waals surface area contributed by atoms with Crippen molar-refractivity contribution < 1.29 is 9.21 Å². The highest BCUT2D eigenvalue weighted by molar-refractivity contribution is 9.10. The van der Waals surface area contributed by atoms with Gasteiger partial charge in [0, 0.05) is 10.0 Å². The van der Waals surface area contributed by atoms with Gasteiger partial charge >= 0.3 is 0 Å². The van der Waals surface area contributed by atoms with Crippen LogP contribution in [0.15, 0.2) is 50.4 Å². The zero-order chi connectivity index (χ0) is 13.0. The number of aryl methyl sites for hydroxylation is 1. The van der Waals surface area contributed by atoms with Crippen molar-refractivity contribution >= 4 is 28.1 Å². The van der Waals surface area contributed by atoms with Crippen LogP contribution in [-0.2, 0) is 0 Å². The summed E-state index contributed by atoms with van der Waals surface area (Å²) in [6.07, 6.45) is 1.46. The fraction of sp³-hybridized carbons (Fsp3) is 0.0769. The molecule has 0 aliphatic heterocycles. The topological polar surface area (TPSA) is 54.6 Å². The zero-order valence-electron chi connectivity index (χ0n) is 9.68. The second-order valence-electron chi connectivity index (χ2n) is 3.66. The molecule has 2 rings (SSSR count). The quantitative estimate of drug-likeness (QED) is 0.699. The monoisotopic (exact) mass is 306 g/mol. The van der Waals surface area contributed by atoms with Crippen LogP contribution in [-0.4, -0.2) is 12.1 Å². The summed E-state index contributed by atoms with van der Waals surface area (Å²) in [7, 11) is 0. The second-order valence-corrected chi connectivity index (χ2v) is 4.57. The Labute approximate surface area is 113 Å². The smallest absolute Gasteiger partial charge is 0.271 e. The van der Waals surface area contributed by atoms with E-state index < -0.39 is 0 Å². The molecule has 0 aliphatic rings. The number of carbonyl (C=O) groups excluding carboxylic acids is 1. The standard InChI is InChI=1S/C13H11BrN2O2/c1-9-5-6-12(18-9)8-15-16-13(17)10-3-2-4-11(14)7-10/h2-8H,1H3,(H,16,17)/b15-8-. The summed E-state index contributed by atoms with van der Waals surface area (Å²) >= 11 is 3.30. The Hall–Kier alpha value is -1.88. The number of rotatable bonds is 3. The Morgan fingerprint density at radius 1 is 1.39 bits per heavy atom. The summed E-state index contributed by atoms with van der Waals surface area (Å²) in [5, 5.41) is 3.83. The lowest BCUT2D eigenvalue weighted by Crippen LogP contribution is -2.17. The minimum Gasteiger partial charge on any atom is -0.460 e. The van der Waals surface area contributed by atoms with Gasteiger partial charge in [-0.1, -0.05) is 22.0 Å². The molecule has 4 nitrogen and oxygen atoms in total. The Morgan fingerprint density at radius 2 is 2.22 bits per heavy atom. The van der Waals surface area contributed by atoms with Crippen LogP contribution in [0.2, 0.25) is 0 Å². The van der Waals surface area contributed by atoms with Crippen molar-refractivity contribution in [3.63, 3.8) is 0 Å². The number of amides is 1. The van der Waals surface area contributed by atoms with E-state index in [-0.39, 0.29) is 5.91 Å². The Balaban J connectivity index is 1.98. The van der Waals surface area contributed by atoms with Gasteiger partial charge in [0.05, 0.1) is 6.21 Å². The Bertz CT molecular complexity index is 590. The highest BCUT2D eigenvalue weighted by Gasteiger charge is 2.03. The van der Waals surface area contributed by atoms with E-state index in [1.165, 1.54) is 6.21 Å². The number of nitrogens with one attached hydrogen (secondary N) is 1. The lowest BCUT2D eigenvalue weighted by molar-refractivity contribution is 0.0955. The molecule has 0 aliphatic carbocycles. The summed E-state index contributed by atoms with van der Waals surface area (Å²) < 4.78 is 6.13. The SMILES string of the molecule is Cc1ccc(/C=N\NC(=O)c2cccc(Br)c2)o1. The highest BCUT2D eigenvalue weighted by Crippen LogP contribution is 2.11. The maximum Gasteiger partial charge on any atom is 0.271 e. The van der Waals surface area contributed by atoms with E-state index in [2.05, 4.69) is 26.5 Å². The lowest BCUT2D eigenvalue weighted by Gasteiger charge is -1.99. The first-order valence-corrected chi connectivity index (χ1v) is 6.10. The molecule has 0 saturated heterocycles. The fourth-order valence-electron chi connectivity index (χ4n) is 1.37. The fourth-order valence-corrected chi connectivity index (χ4v) is 1.77. The van der Waals surface area contributed by atoms with Gasteiger partial charge < -0.3 is 4.42 Å². The Morgan fingerprint density at radius 3 is 2.89 bits per heavy atom. The molecule has 2 aromatic rings. The maximum atomic E-state index is 11.7. The minimum absolute atomic E-state index is 0.268. The van der Waals surface area contributed by atoms with Gasteiger partial charge in [0.1, 0.15) is 11.5 Å². The summed E-state index contributed by atoms with van der Waals surface area (Å²) in [4.78, 5) is 11.7. The van der Waals surface area contributed by atoms with Crippen LogP contribution in [0.5, 0.6) is 0 Å². The van der Waals surface area contributed by atoms with E-state index in [4.69, 9.17) is 4.42 Å². The first-order chi connectivity index (χ1) is 8.65. The molecule has 18 heavy (non-hydrogen) atoms. The van der Waals surface area contributed by atoms with Gasteiger partial charge in [-0.05, 0) is 37.3 Å². The van der Waals surface area contributed by atoms with Gasteiger partial charge in [0.25, 0.3) is 5.91 Å². The van der Waals surface area contributed by atoms with Gasteiger partial charge in [0.15, 0.2) is 0 Å². The third kappa shape index (κ3) is 3.30. The number of halogens is 1. The molecular weight excluding hydrogens is 296 g/mol. The lowest BCUT2D eigenvalue weighted by atomic mass is 10.2. The molecule has 0 fully saturated rings. The molecular formula is C13H11BrN2O2. The molecule has 0 saturated carbocycles. The molecule has 0 spiro atoms. The van der Waals surface area contributed by atoms with Crippen LogP contribution in [0.25, 0.3) is 0 Å². The van der Waals surface area contributed by atoms with Crippen molar-refractivity contribution in [1.29, 1.82) is 0 Å². The normalized spacial score (nSPS) is 10.8. The van der Waals surface area contributed by atoms with E-state index in [0.29, 0.717) is 11.3 Å². The molecule has 1 N–H and O–H groups in total. The number of hydrogen-bond acceptors (Lipinski definition) is 3. The third-order valence-electron chi connectivity index (χ3n) is 2.21. The summed E-state index contributed by atoms with van der Waals surface area (Å²) in [5.41, 5.74) is 2.97. The van der Waals surface area contributed by atoms with E-state index in [1.54, 1.807) is 24.3 Å². The average Bonchev–Trinajstić information content (AvgIpc) is 2.75. The van der Waals surface area contributed by atoms with Crippen LogP contribution in [0.3, 0.4) is 0 Å². The van der Waals surface area contributed by atoms with Crippen molar-refractivity contribution in [2.24, 2.45) is 5.10 Å². The van der Waals surface area contributed by atoms with E-state index in [9.17, 15) is 4.79 Å². The number of furan rings is 1. The highest BCUT2D eigenvalue weighted by atomic mass is 79.9. The van der Waals surface area contributed by atoms with Gasteiger partial charge in [-0.2, -0.15) is 5.10 Å². The number of nitrogens with zero attached hydrogens (tertiary/aromatic N) is 1. The molecule has 1 heterocycles. The van der Waals surface area contributed by atoms with Crippen molar-refractivity contribution in [3.8, 4) is 0 Å². The van der Waals surface area contributed by atoms with E-state index in [0.717, 1.165) is 10.2 Å². The number of hydrogen-bond donors (Lipinski definition) is 1. The van der Waals surface area contributed by atoms with Crippen molar-refractivity contribution in [2.45, 2.75) is 6.92 Å². The van der Waals surface area contributed by atoms with Crippen LogP contribution >= 0.6 is 15.9 Å². The van der Waals surface area contributed by atoms with E-state index in [1.807, 2.05) is 19.1 Å². The van der Waals surface area contributed by atoms with Crippen molar-refractivity contribution in [1.82, 2.24) is 5.43 Å². The predicted octanol–water partition coefficient (Wildman–Crippen LogP) is 3.11. The van der Waals surface area contributed by atoms with Crippen LogP contribution in [0.1, 0.15) is 21.9 Å². The molecule has 0 unspecified atom stereocenters. The molecule has 1 aromatic carbocycles. The number of carbonyl (C=O) groups is 1. The summed E-state index contributed by atoms with van der Waals surface area (Å²) in [5.74, 6) is 1.13. The summed E-state index contributed by atoms with van der Waals surface area (Å²) in [6, 6.07) is 10.7. The van der Waals surface area contributed by atoms with Crippen LogP contribution < -0.4 is 5.43 Å². The van der Waals surface area contributed by atoms with Gasteiger partial charge in [0.2, 0.25) is 0 Å². The van der Waals surface area contributed by atoms with Crippen molar-refractivity contribution in [3.05, 3.63) is 58.0 Å². The number of benzene rings is 1. The molecule has 0 bridgehead atoms. The van der Waals surface area contributed by atoms with Crippen LogP contribution in [0.4, 0.5) is 0 Å². The largest absolute Gasteiger partial charge is 0.460 e.